The van der Waals surface area contributed by atoms with Crippen molar-refractivity contribution in [1.29, 1.82) is 0 Å². The maximum atomic E-state index is 9.60. The van der Waals surface area contributed by atoms with Crippen LogP contribution in [0, 0.1) is 29.0 Å². The van der Waals surface area contributed by atoms with E-state index in [1.165, 1.54) is 216 Å². The first-order valence-electron chi connectivity index (χ1n) is 49.5. The summed E-state index contributed by atoms with van der Waals surface area (Å²) in [5.74, 6) is 0.917. The van der Waals surface area contributed by atoms with Gasteiger partial charge in [0.1, 0.15) is 5.76 Å². The standard InChI is InChI=1S/C48H34N.C34H24N.C33H20N.C11H20O2.2C5H8O2.3Ir/c1-47(2,3)34-22-25-35-33(28-34)21-24-41-36(35)26-27-49-46(41)31-18-16-30(17-19-31)32-20-23-40-39-12-6-9-15-44(39)48(45(40)29-32)42-13-7-4-10-37(42)38-11-5-8-14-43(38)48;1-34(2)30-15-6-5-13-29(30)32-26(14-8-16-31(32)34)23-10-7-11-24(21-23)33-28-18-17-22-9-3-4-12-25(22)27(28)19-20-35-33;1-4-10-27-22(7-1)17-18-31-30(27)19-20-34-33(31)24-15-13-23(14-16-24)32-28-11-5-2-8-25(28)21-26-9-3-6-12-29(26)32;1-10(2,3)8(12)7-9(13)11(4,5)6;2*1-4(6)3-5(2)7;;;/h4-18,20-29H,1-3H3;3-10,12-21H,1-2H3;1-15,17-21H;7,12H,1-6H3;2*3,6H,1-2H3;;;/q3*-1;;;;;;/p+3. The number of aliphatic hydroxyl groups is 3. The molecule has 6 N–H and O–H groups in total. The van der Waals surface area contributed by atoms with Crippen molar-refractivity contribution in [2.24, 2.45) is 10.8 Å². The van der Waals surface area contributed by atoms with Crippen LogP contribution in [0.25, 0.3) is 187 Å². The number of pyridine rings is 3. The van der Waals surface area contributed by atoms with E-state index in [9.17, 15) is 9.90 Å². The van der Waals surface area contributed by atoms with E-state index in [4.69, 9.17) is 34.8 Å². The van der Waals surface area contributed by atoms with Gasteiger partial charge in [0.2, 0.25) is 0 Å². The van der Waals surface area contributed by atoms with Gasteiger partial charge in [-0.3, -0.25) is 14.4 Å². The molecule has 1 spiro atoms. The van der Waals surface area contributed by atoms with Crippen LogP contribution in [0.15, 0.2) is 418 Å². The fourth-order valence-electron chi connectivity index (χ4n) is 21.0. The van der Waals surface area contributed by atoms with E-state index in [1.54, 1.807) is 0 Å². The van der Waals surface area contributed by atoms with Crippen molar-refractivity contribution in [2.75, 3.05) is 0 Å². The maximum Gasteiger partial charge on any atom is 0.325 e. The number of rotatable bonds is 9. The van der Waals surface area contributed by atoms with Crippen molar-refractivity contribution in [2.45, 2.75) is 120 Å². The normalized spacial score (nSPS) is 12.8. The predicted molar refractivity (Wildman–Crippen MR) is 609 cm³/mol. The molecule has 0 amide bonds. The summed E-state index contributed by atoms with van der Waals surface area (Å²) in [4.78, 5) is 40.9. The number of aliphatic hydroxyl groups excluding tert-OH is 3. The van der Waals surface area contributed by atoms with Gasteiger partial charge >= 0.3 is 17.3 Å². The van der Waals surface area contributed by atoms with Gasteiger partial charge in [-0.2, -0.15) is 0 Å². The number of aromatic nitrogens is 3. The van der Waals surface area contributed by atoms with Crippen molar-refractivity contribution in [3.05, 3.63) is 475 Å². The van der Waals surface area contributed by atoms with E-state index in [1.807, 2.05) is 66.2 Å². The molecule has 3 aromatic heterocycles. The molecule has 3 radical (unpaired) electrons. The topological polar surface area (TPSA) is 164 Å². The molecule has 739 valence electrons. The van der Waals surface area contributed by atoms with E-state index >= 15 is 0 Å². The molecule has 12 heteroatoms. The first-order valence-corrected chi connectivity index (χ1v) is 49.5. The summed E-state index contributed by atoms with van der Waals surface area (Å²) in [5.41, 5.74) is 29.9. The van der Waals surface area contributed by atoms with Crippen LogP contribution in [-0.4, -0.2) is 62.0 Å². The molecule has 3 heterocycles. The smallest absolute Gasteiger partial charge is 0.325 e. The summed E-state index contributed by atoms with van der Waals surface area (Å²) in [6.07, 6.45) is 9.76. The molecule has 3 aliphatic carbocycles. The number of nitrogens with zero attached hydrogens (tertiary/aromatic N) is 3. The Bertz CT molecular complexity index is 8660. The number of hydrogen-bond donors (Lipinski definition) is 3. The summed E-state index contributed by atoms with van der Waals surface area (Å²) in [6.45, 7) is 28.8. The van der Waals surface area contributed by atoms with Gasteiger partial charge in [-0.1, -0.05) is 357 Å². The van der Waals surface area contributed by atoms with Gasteiger partial charge in [-0.15, -0.1) is 95.1 Å². The van der Waals surface area contributed by atoms with Crippen molar-refractivity contribution in [3.63, 3.8) is 0 Å². The number of hydrogen-bond acceptors (Lipinski definition) is 6. The van der Waals surface area contributed by atoms with Crippen LogP contribution in [0.2, 0.25) is 0 Å². The Morgan fingerprint density at radius 2 is 0.682 bits per heavy atom. The van der Waals surface area contributed by atoms with Crippen molar-refractivity contribution in [3.8, 4) is 101 Å². The van der Waals surface area contributed by atoms with Gasteiger partial charge in [0.15, 0.2) is 0 Å². The Kier molecular flexibility index (Phi) is 31.2. The van der Waals surface area contributed by atoms with Crippen LogP contribution in [0.5, 0.6) is 0 Å². The number of ketones is 3. The summed E-state index contributed by atoms with van der Waals surface area (Å²) < 4.78 is 0. The molecule has 24 rings (SSSR count). The fourth-order valence-corrected chi connectivity index (χ4v) is 21.0. The monoisotopic (exact) mass is 2470 g/mol. The molecule has 21 aromatic rings. The third kappa shape index (κ3) is 20.9. The average molecular weight is 2470 g/mol. The number of fused-ring (bicyclic) bond motifs is 24. The fraction of sp³-hybridized carbons (Fsp3) is 0.147. The first-order chi connectivity index (χ1) is 69.7. The minimum atomic E-state index is -0.345. The summed E-state index contributed by atoms with van der Waals surface area (Å²) in [6, 6.07) is 143. The molecule has 148 heavy (non-hydrogen) atoms. The summed E-state index contributed by atoms with van der Waals surface area (Å²) in [7, 11) is 0. The quantitative estimate of drug-likeness (QED) is 0.0325. The van der Waals surface area contributed by atoms with E-state index < -0.39 is 0 Å². The van der Waals surface area contributed by atoms with E-state index in [0.29, 0.717) is 0 Å². The molecule has 3 aliphatic rings. The van der Waals surface area contributed by atoms with Crippen LogP contribution < -0.4 is 0 Å². The van der Waals surface area contributed by atoms with Crippen molar-refractivity contribution >= 4 is 104 Å². The van der Waals surface area contributed by atoms with Crippen LogP contribution in [0.3, 0.4) is 0 Å². The van der Waals surface area contributed by atoms with E-state index in [0.717, 1.165) is 55.5 Å². The van der Waals surface area contributed by atoms with Gasteiger partial charge in [0.05, 0.1) is 54.4 Å². The third-order valence-electron chi connectivity index (χ3n) is 28.1. The second kappa shape index (κ2) is 43.6. The van der Waals surface area contributed by atoms with Gasteiger partial charge < -0.3 is 30.3 Å². The Hall–Kier alpha value is -14.9. The first kappa shape index (κ1) is 106. The largest absolute Gasteiger partial charge is 0.512 e. The van der Waals surface area contributed by atoms with Crippen molar-refractivity contribution < 1.29 is 90.0 Å². The molecule has 0 aliphatic heterocycles. The van der Waals surface area contributed by atoms with Crippen LogP contribution in [0.1, 0.15) is 143 Å². The maximum absolute atomic E-state index is 9.60. The molecule has 9 nitrogen and oxygen atoms in total. The van der Waals surface area contributed by atoms with Crippen LogP contribution in [-0.2, 0) is 76.6 Å². The van der Waals surface area contributed by atoms with Crippen molar-refractivity contribution in [1.82, 2.24) is 15.0 Å². The Labute approximate surface area is 907 Å². The summed E-state index contributed by atoms with van der Waals surface area (Å²) in [5, 5.41) is 46.1. The SMILES string of the molecule is CC(=[OH+])C=C(C)O.CC(=[OH+])C=C(C)O.CC(C)(C)C(=[OH+])C=C(O)C(C)(C)C.CC(C)(C)c1ccc2c(ccc3c(-c4[c-]cc(-c5ccc6c(c5)C5(c7ccccc7-c7ccccc75)c5ccccc5-6)cc4)nccc32)c1.CC1(C)c2ccccc2-c2c(-c3cc[c-]c(-c4nccc5c4ccc4ccccc45)c3)cccc21.[Ir].[Ir].[Ir].[c-]1cc(-c2c3ccccc3cc3ccccc23)ccc1-c1nccc2c1ccc1ccccc12. The molecule has 0 saturated carbocycles. The molecule has 0 atom stereocenters. The zero-order chi connectivity index (χ0) is 102. The molecule has 18 aromatic carbocycles. The minimum absolute atomic E-state index is 0. The van der Waals surface area contributed by atoms with E-state index in [2.05, 4.69) is 411 Å². The van der Waals surface area contributed by atoms with Gasteiger partial charge in [0, 0.05) is 89.7 Å². The molecule has 0 saturated heterocycles. The third-order valence-corrected chi connectivity index (χ3v) is 28.1. The Morgan fingerprint density at radius 3 is 1.14 bits per heavy atom. The summed E-state index contributed by atoms with van der Waals surface area (Å²) >= 11 is 0. The Morgan fingerprint density at radius 1 is 0.291 bits per heavy atom. The van der Waals surface area contributed by atoms with Gasteiger partial charge in [0.25, 0.3) is 0 Å². The van der Waals surface area contributed by atoms with Crippen LogP contribution in [0.4, 0.5) is 0 Å². The predicted octanol–water partition coefficient (Wildman–Crippen LogP) is 34.9. The molecular formula is C136H117Ir3N3O6. The molecular weight excluding hydrogens is 2350 g/mol. The van der Waals surface area contributed by atoms with E-state index in [-0.39, 0.29) is 122 Å². The number of allylic oxidation sites excluding steroid dienone is 6. The number of carbonyl (C=O) groups excluding carboxylic acids is 3. The zero-order valence-electron chi connectivity index (χ0n) is 85.6. The van der Waals surface area contributed by atoms with Gasteiger partial charge in [-0.25, -0.2) is 0 Å². The second-order valence-electron chi connectivity index (χ2n) is 41.6. The Balaban J connectivity index is 0.000000141. The molecule has 0 fully saturated rings. The minimum Gasteiger partial charge on any atom is -0.512 e. The second-order valence-corrected chi connectivity index (χ2v) is 41.6. The van der Waals surface area contributed by atoms with Gasteiger partial charge in [-0.05, 0) is 251 Å². The average Bonchev–Trinajstić information content (AvgIpc) is 1.51. The van der Waals surface area contributed by atoms with Crippen LogP contribution >= 0.6 is 0 Å². The zero-order valence-corrected chi connectivity index (χ0v) is 92.8. The number of benzene rings is 18. The molecule has 0 bridgehead atoms. The molecule has 0 unspecified atom stereocenters.